The quantitative estimate of drug-likeness (QED) is 0.194. The third kappa shape index (κ3) is 7.19. The Labute approximate surface area is 253 Å². The molecule has 0 spiro atoms. The van der Waals surface area contributed by atoms with Crippen molar-refractivity contribution < 1.29 is 23.8 Å². The summed E-state index contributed by atoms with van der Waals surface area (Å²) in [7, 11) is 0. The zero-order valence-corrected chi connectivity index (χ0v) is 25.8. The summed E-state index contributed by atoms with van der Waals surface area (Å²) in [5, 5.41) is 1.03. The molecule has 0 bridgehead atoms. The fraction of sp³-hybridized carbons (Fsp3) is 0.400. The maximum atomic E-state index is 12.8. The zero-order valence-electron chi connectivity index (χ0n) is 25.8. The van der Waals surface area contributed by atoms with E-state index in [0.29, 0.717) is 32.0 Å². The lowest BCUT2D eigenvalue weighted by Crippen LogP contribution is -2.40. The molecule has 43 heavy (non-hydrogen) atoms. The van der Waals surface area contributed by atoms with Gasteiger partial charge >= 0.3 is 12.1 Å². The largest absolute Gasteiger partial charge is 0.493 e. The van der Waals surface area contributed by atoms with Crippen molar-refractivity contribution in [3.05, 3.63) is 89.2 Å². The molecule has 8 heteroatoms. The van der Waals surface area contributed by atoms with Crippen LogP contribution >= 0.6 is 0 Å². The van der Waals surface area contributed by atoms with Gasteiger partial charge in [0, 0.05) is 35.8 Å². The van der Waals surface area contributed by atoms with Crippen LogP contribution < -0.4 is 9.64 Å². The molecule has 1 atom stereocenters. The van der Waals surface area contributed by atoms with Gasteiger partial charge in [0.15, 0.2) is 0 Å². The van der Waals surface area contributed by atoms with E-state index < -0.39 is 5.60 Å². The molecule has 2 aromatic heterocycles. The van der Waals surface area contributed by atoms with E-state index in [4.69, 9.17) is 19.2 Å². The minimum atomic E-state index is -0.565. The monoisotopic (exact) mass is 583 g/mol. The smallest absolute Gasteiger partial charge is 0.416 e. The fourth-order valence-corrected chi connectivity index (χ4v) is 5.59. The highest BCUT2D eigenvalue weighted by molar-refractivity contribution is 5.88. The molecule has 1 unspecified atom stereocenters. The van der Waals surface area contributed by atoms with Gasteiger partial charge in [0.1, 0.15) is 17.2 Å². The second kappa shape index (κ2) is 12.9. The number of anilines is 1. The van der Waals surface area contributed by atoms with Gasteiger partial charge < -0.3 is 18.8 Å². The van der Waals surface area contributed by atoms with E-state index in [0.717, 1.165) is 51.9 Å². The molecule has 1 amide bonds. The molecule has 2 aromatic carbocycles. The van der Waals surface area contributed by atoms with Gasteiger partial charge in [0.25, 0.3) is 0 Å². The summed E-state index contributed by atoms with van der Waals surface area (Å²) < 4.78 is 19.2. The van der Waals surface area contributed by atoms with Crippen LogP contribution in [0, 0.1) is 6.92 Å². The highest BCUT2D eigenvalue weighted by atomic mass is 16.6. The van der Waals surface area contributed by atoms with Gasteiger partial charge in [-0.3, -0.25) is 9.69 Å². The molecule has 8 nitrogen and oxygen atoms in total. The number of hydrogen-bond acceptors (Lipinski definition) is 6. The number of aromatic nitrogens is 2. The third-order valence-electron chi connectivity index (χ3n) is 7.58. The Bertz CT molecular complexity index is 1600. The molecule has 0 radical (unpaired) electrons. The molecular weight excluding hydrogens is 542 g/mol. The van der Waals surface area contributed by atoms with Crippen LogP contribution in [0.15, 0.2) is 66.9 Å². The standard InChI is InChI=1S/C35H41N3O5/c1-6-41-32(39)23-31(29-12-8-7-10-24(29)2)37-20-17-26-22-28(15-16-30(26)37)42-21-18-27-14-13-25-11-9-19-38(33(25)36-27)34(40)43-35(3,4)5/h7-8,10,12-17,20,22,31H,6,9,11,18-19,21,23H2,1-5H3. The Hall–Kier alpha value is -4.33. The molecule has 1 aliphatic rings. The Morgan fingerprint density at radius 1 is 1.05 bits per heavy atom. The van der Waals surface area contributed by atoms with Crippen LogP contribution in [-0.4, -0.2) is 47.0 Å². The number of esters is 1. The molecule has 1 aliphatic heterocycles. The van der Waals surface area contributed by atoms with Crippen molar-refractivity contribution >= 4 is 28.8 Å². The van der Waals surface area contributed by atoms with E-state index in [1.807, 2.05) is 70.3 Å². The maximum absolute atomic E-state index is 12.8. The van der Waals surface area contributed by atoms with Gasteiger partial charge in [-0.25, -0.2) is 9.78 Å². The number of carbonyl (C=O) groups is 2. The van der Waals surface area contributed by atoms with Gasteiger partial charge in [-0.15, -0.1) is 0 Å². The Kier molecular flexibility index (Phi) is 9.04. The lowest BCUT2D eigenvalue weighted by atomic mass is 9.98. The van der Waals surface area contributed by atoms with Crippen molar-refractivity contribution in [2.45, 2.75) is 71.9 Å². The lowest BCUT2D eigenvalue weighted by molar-refractivity contribution is -0.143. The van der Waals surface area contributed by atoms with Gasteiger partial charge in [-0.1, -0.05) is 30.3 Å². The molecule has 3 heterocycles. The van der Waals surface area contributed by atoms with Crippen LogP contribution in [0.1, 0.15) is 69.0 Å². The molecule has 0 fully saturated rings. The average Bonchev–Trinajstić information content (AvgIpc) is 3.38. The molecule has 0 saturated carbocycles. The van der Waals surface area contributed by atoms with Crippen LogP contribution in [0.5, 0.6) is 5.75 Å². The third-order valence-corrected chi connectivity index (χ3v) is 7.58. The molecule has 0 saturated heterocycles. The number of aryl methyl sites for hydroxylation is 2. The summed E-state index contributed by atoms with van der Waals surface area (Å²) in [6, 6.07) is 20.1. The number of rotatable bonds is 9. The molecule has 0 aliphatic carbocycles. The molecule has 5 rings (SSSR count). The lowest BCUT2D eigenvalue weighted by Gasteiger charge is -2.31. The first kappa shape index (κ1) is 30.1. The topological polar surface area (TPSA) is 82.9 Å². The van der Waals surface area contributed by atoms with Crippen LogP contribution in [0.25, 0.3) is 10.9 Å². The Balaban J connectivity index is 1.29. The van der Waals surface area contributed by atoms with Crippen molar-refractivity contribution in [3.63, 3.8) is 0 Å². The first-order valence-corrected chi connectivity index (χ1v) is 15.1. The Morgan fingerprint density at radius 3 is 2.63 bits per heavy atom. The van der Waals surface area contributed by atoms with Crippen molar-refractivity contribution in [3.8, 4) is 5.75 Å². The predicted octanol–water partition coefficient (Wildman–Crippen LogP) is 7.20. The van der Waals surface area contributed by atoms with Gasteiger partial charge in [0.2, 0.25) is 0 Å². The summed E-state index contributed by atoms with van der Waals surface area (Å²) in [5.41, 5.74) is 4.60. The number of pyridine rings is 1. The highest BCUT2D eigenvalue weighted by Crippen LogP contribution is 2.32. The van der Waals surface area contributed by atoms with Crippen LogP contribution in [-0.2, 0) is 27.1 Å². The summed E-state index contributed by atoms with van der Waals surface area (Å²) >= 11 is 0. The van der Waals surface area contributed by atoms with Gasteiger partial charge in [-0.05, 0) is 94.5 Å². The number of ether oxygens (including phenoxy) is 3. The summed E-state index contributed by atoms with van der Waals surface area (Å²) in [6.45, 7) is 10.9. The van der Waals surface area contributed by atoms with Gasteiger partial charge in [0.05, 0.1) is 25.7 Å². The van der Waals surface area contributed by atoms with Crippen molar-refractivity contribution in [1.29, 1.82) is 0 Å². The number of fused-ring (bicyclic) bond motifs is 2. The number of amides is 1. The molecular formula is C35H41N3O5. The van der Waals surface area contributed by atoms with Crippen LogP contribution in [0.4, 0.5) is 10.6 Å². The number of nitrogens with zero attached hydrogens (tertiary/aromatic N) is 3. The molecule has 4 aromatic rings. The number of benzene rings is 2. The van der Waals surface area contributed by atoms with Crippen molar-refractivity contribution in [2.75, 3.05) is 24.7 Å². The minimum Gasteiger partial charge on any atom is -0.493 e. The maximum Gasteiger partial charge on any atom is 0.416 e. The first-order chi connectivity index (χ1) is 20.6. The molecule has 0 N–H and O–H groups in total. The summed E-state index contributed by atoms with van der Waals surface area (Å²) in [5.74, 6) is 1.23. The molecule has 226 valence electrons. The van der Waals surface area contributed by atoms with E-state index in [9.17, 15) is 9.59 Å². The van der Waals surface area contributed by atoms with E-state index in [1.54, 1.807) is 4.90 Å². The van der Waals surface area contributed by atoms with Crippen LogP contribution in [0.2, 0.25) is 0 Å². The number of hydrogen-bond donors (Lipinski definition) is 0. The van der Waals surface area contributed by atoms with Crippen molar-refractivity contribution in [2.24, 2.45) is 0 Å². The van der Waals surface area contributed by atoms with Crippen molar-refractivity contribution in [1.82, 2.24) is 9.55 Å². The van der Waals surface area contributed by atoms with E-state index in [-0.39, 0.29) is 24.5 Å². The minimum absolute atomic E-state index is 0.181. The first-order valence-electron chi connectivity index (χ1n) is 15.1. The van der Waals surface area contributed by atoms with Crippen LogP contribution in [0.3, 0.4) is 0 Å². The summed E-state index contributed by atoms with van der Waals surface area (Å²) in [6.07, 6.45) is 4.29. The van der Waals surface area contributed by atoms with E-state index >= 15 is 0 Å². The fourth-order valence-electron chi connectivity index (χ4n) is 5.59. The average molecular weight is 584 g/mol. The summed E-state index contributed by atoms with van der Waals surface area (Å²) in [4.78, 5) is 31.9. The predicted molar refractivity (Wildman–Crippen MR) is 168 cm³/mol. The second-order valence-corrected chi connectivity index (χ2v) is 11.9. The Morgan fingerprint density at radius 2 is 1.86 bits per heavy atom. The zero-order chi connectivity index (χ0) is 30.6. The van der Waals surface area contributed by atoms with Gasteiger partial charge in [-0.2, -0.15) is 0 Å². The van der Waals surface area contributed by atoms with E-state index in [2.05, 4.69) is 35.8 Å². The number of carbonyl (C=O) groups excluding carboxylic acids is 2. The highest BCUT2D eigenvalue weighted by Gasteiger charge is 2.28. The normalized spacial score (nSPS) is 13.8. The SMILES string of the molecule is CCOC(=O)CC(c1ccccc1C)n1ccc2cc(OCCc3ccc4c(n3)N(C(=O)OC(C)(C)C)CCC4)ccc21. The van der Waals surface area contributed by atoms with E-state index in [1.165, 1.54) is 0 Å². The second-order valence-electron chi connectivity index (χ2n) is 11.9.